The van der Waals surface area contributed by atoms with Gasteiger partial charge >= 0.3 is 29.8 Å². The number of thioether (sulfide) groups is 1. The summed E-state index contributed by atoms with van der Waals surface area (Å²) < 4.78 is 32.9. The second-order valence-corrected chi connectivity index (χ2v) is 20.0. The normalized spacial score (nSPS) is 12.4. The fourth-order valence-corrected chi connectivity index (χ4v) is 7.29. The third-order valence-electron chi connectivity index (χ3n) is 10.9. The summed E-state index contributed by atoms with van der Waals surface area (Å²) in [6.07, 6.45) is 9.62. The van der Waals surface area contributed by atoms with Crippen molar-refractivity contribution in [1.29, 1.82) is 0 Å². The van der Waals surface area contributed by atoms with Crippen LogP contribution in [0.3, 0.4) is 0 Å². The molecule has 1 unspecified atom stereocenters. The van der Waals surface area contributed by atoms with Gasteiger partial charge in [0.05, 0.1) is 16.2 Å². The van der Waals surface area contributed by atoms with E-state index in [-0.39, 0.29) is 76.9 Å². The highest BCUT2D eigenvalue weighted by atomic mass is 32.2. The van der Waals surface area contributed by atoms with E-state index in [2.05, 4.69) is 20.8 Å². The van der Waals surface area contributed by atoms with Crippen LogP contribution < -0.4 is 0 Å². The van der Waals surface area contributed by atoms with Gasteiger partial charge in [-0.05, 0) is 101 Å². The number of carbonyl (C=O) groups excluding carboxylic acids is 7. The lowest BCUT2D eigenvalue weighted by molar-refractivity contribution is -0.173. The Bertz CT molecular complexity index is 1330. The number of ether oxygens (including phenoxy) is 6. The summed E-state index contributed by atoms with van der Waals surface area (Å²) in [4.78, 5) is 93.2. The number of esters is 5. The molecule has 0 aliphatic rings. The summed E-state index contributed by atoms with van der Waals surface area (Å²) in [5.41, 5.74) is -2.22. The SMILES string of the molecule is CCCCCC(C)(C)C(=O)OCC(COC=O)OC(=O)CCCN(CCCC(=O)OC(COC(=O)C(C)(C)CCCCC)COC(=O)C(C)(C)CCCCC)C(=O)SCCCN(C)C. The van der Waals surface area contributed by atoms with Crippen molar-refractivity contribution in [3.05, 3.63) is 0 Å². The van der Waals surface area contributed by atoms with Crippen LogP contribution in [0.1, 0.15) is 171 Å². The molecule has 0 aliphatic carbocycles. The monoisotopic (exact) mass is 931 g/mol. The van der Waals surface area contributed by atoms with Crippen LogP contribution in [0, 0.1) is 16.2 Å². The van der Waals surface area contributed by atoms with Gasteiger partial charge in [-0.15, -0.1) is 0 Å². The lowest BCUT2D eigenvalue weighted by Crippen LogP contribution is -2.36. The predicted molar refractivity (Wildman–Crippen MR) is 249 cm³/mol. The first kappa shape index (κ1) is 60.6. The quantitative estimate of drug-likeness (QED) is 0.0247. The fourth-order valence-electron chi connectivity index (χ4n) is 6.47. The van der Waals surface area contributed by atoms with Crippen LogP contribution in [-0.2, 0) is 57.2 Å². The molecule has 0 rings (SSSR count). The molecule has 0 N–H and O–H groups in total. The highest BCUT2D eigenvalue weighted by molar-refractivity contribution is 8.13. The number of amides is 1. The molecule has 0 aromatic rings. The fraction of sp³-hybridized carbons (Fsp3) is 0.854. The third kappa shape index (κ3) is 28.5. The van der Waals surface area contributed by atoms with E-state index >= 15 is 0 Å². The zero-order valence-electron chi connectivity index (χ0n) is 41.5. The Balaban J connectivity index is 5.69. The predicted octanol–water partition coefficient (Wildman–Crippen LogP) is 9.10. The van der Waals surface area contributed by atoms with Crippen LogP contribution >= 0.6 is 11.8 Å². The number of hydrogen-bond acceptors (Lipinski definition) is 15. The van der Waals surface area contributed by atoms with Gasteiger partial charge in [-0.25, -0.2) is 0 Å². The summed E-state index contributed by atoms with van der Waals surface area (Å²) in [5.74, 6) is -1.94. The molecule has 64 heavy (non-hydrogen) atoms. The largest absolute Gasteiger partial charge is 0.464 e. The molecule has 0 aromatic carbocycles. The average Bonchev–Trinajstić information content (AvgIpc) is 3.23. The van der Waals surface area contributed by atoms with E-state index in [4.69, 9.17) is 28.4 Å². The van der Waals surface area contributed by atoms with Crippen LogP contribution in [0.5, 0.6) is 0 Å². The Morgan fingerprint density at radius 3 is 1.25 bits per heavy atom. The molecule has 0 bridgehead atoms. The molecule has 16 heteroatoms. The molecule has 0 heterocycles. The number of rotatable bonds is 38. The van der Waals surface area contributed by atoms with Crippen LogP contribution in [0.15, 0.2) is 0 Å². The van der Waals surface area contributed by atoms with Crippen LogP contribution in [0.2, 0.25) is 0 Å². The molecular weight excluding hydrogens is 845 g/mol. The summed E-state index contributed by atoms with van der Waals surface area (Å²) >= 11 is 1.16. The van der Waals surface area contributed by atoms with E-state index in [1.165, 1.54) is 0 Å². The van der Waals surface area contributed by atoms with Gasteiger partial charge < -0.3 is 38.2 Å². The Morgan fingerprint density at radius 1 is 0.531 bits per heavy atom. The molecule has 1 amide bonds. The summed E-state index contributed by atoms with van der Waals surface area (Å²) in [5, 5.41) is -0.203. The topological polar surface area (TPSA) is 181 Å². The molecule has 0 aromatic heterocycles. The summed E-state index contributed by atoms with van der Waals surface area (Å²) in [7, 11) is 3.91. The van der Waals surface area contributed by atoms with Gasteiger partial charge in [0, 0.05) is 31.7 Å². The van der Waals surface area contributed by atoms with Crippen LogP contribution in [0.4, 0.5) is 4.79 Å². The minimum atomic E-state index is -1.03. The molecule has 15 nitrogen and oxygen atoms in total. The van der Waals surface area contributed by atoms with E-state index in [1.54, 1.807) is 18.7 Å². The van der Waals surface area contributed by atoms with E-state index in [9.17, 15) is 33.6 Å². The van der Waals surface area contributed by atoms with Crippen molar-refractivity contribution in [3.8, 4) is 0 Å². The second kappa shape index (κ2) is 34.0. The van der Waals surface area contributed by atoms with Crippen molar-refractivity contribution in [2.24, 2.45) is 16.2 Å². The Labute approximate surface area is 389 Å². The zero-order chi connectivity index (χ0) is 48.6. The maximum absolute atomic E-state index is 13.4. The Kier molecular flexibility index (Phi) is 32.2. The number of carbonyl (C=O) groups is 7. The maximum Gasteiger partial charge on any atom is 0.311 e. The second-order valence-electron chi connectivity index (χ2n) is 18.9. The van der Waals surface area contributed by atoms with Crippen molar-refractivity contribution in [2.45, 2.75) is 184 Å². The first-order valence-electron chi connectivity index (χ1n) is 23.7. The molecule has 0 saturated heterocycles. The molecule has 372 valence electrons. The van der Waals surface area contributed by atoms with E-state index in [1.807, 2.05) is 46.7 Å². The Hall–Kier alpha value is -3.40. The number of hydrogen-bond donors (Lipinski definition) is 0. The zero-order valence-corrected chi connectivity index (χ0v) is 42.3. The molecule has 0 radical (unpaired) electrons. The van der Waals surface area contributed by atoms with Gasteiger partial charge in [0.15, 0.2) is 12.2 Å². The standard InChI is InChI=1S/C48H86N2O13S/c1-12-15-18-26-46(4,5)42(54)59-34-38(33-58-37-51)62-40(52)24-21-30-50(45(57)64-32-23-29-49(10)11)31-22-25-41(53)63-39(35-60-43(55)47(6,7)27-19-16-13-2)36-61-44(56)48(8,9)28-20-17-14-3/h37-39H,12-36H2,1-11H3. The van der Waals surface area contributed by atoms with Crippen LogP contribution in [0.25, 0.3) is 0 Å². The Morgan fingerprint density at radius 2 is 0.906 bits per heavy atom. The van der Waals surface area contributed by atoms with E-state index in [0.29, 0.717) is 25.0 Å². The number of nitrogens with zero attached hydrogens (tertiary/aromatic N) is 2. The van der Waals surface area contributed by atoms with E-state index < -0.39 is 58.3 Å². The minimum Gasteiger partial charge on any atom is -0.464 e. The van der Waals surface area contributed by atoms with Crippen molar-refractivity contribution < 1.29 is 62.0 Å². The average molecular weight is 931 g/mol. The van der Waals surface area contributed by atoms with E-state index in [0.717, 1.165) is 82.5 Å². The highest BCUT2D eigenvalue weighted by Crippen LogP contribution is 2.28. The maximum atomic E-state index is 13.4. The third-order valence-corrected chi connectivity index (χ3v) is 11.9. The van der Waals surface area contributed by atoms with Gasteiger partial charge in [0.25, 0.3) is 11.7 Å². The van der Waals surface area contributed by atoms with Gasteiger partial charge in [0.1, 0.15) is 26.4 Å². The molecule has 0 fully saturated rings. The smallest absolute Gasteiger partial charge is 0.311 e. The summed E-state index contributed by atoms with van der Waals surface area (Å²) in [6.45, 7) is 17.4. The van der Waals surface area contributed by atoms with Crippen molar-refractivity contribution in [2.75, 3.05) is 65.9 Å². The highest BCUT2D eigenvalue weighted by Gasteiger charge is 2.33. The van der Waals surface area contributed by atoms with Crippen molar-refractivity contribution >= 4 is 53.3 Å². The molecule has 0 spiro atoms. The first-order valence-corrected chi connectivity index (χ1v) is 24.7. The molecule has 0 aliphatic heterocycles. The lowest BCUT2D eigenvalue weighted by atomic mass is 9.87. The number of unbranched alkanes of at least 4 members (excludes halogenated alkanes) is 6. The van der Waals surface area contributed by atoms with Gasteiger partial charge in [-0.2, -0.15) is 0 Å². The molecule has 0 saturated carbocycles. The molecule has 1 atom stereocenters. The van der Waals surface area contributed by atoms with Gasteiger partial charge in [0.2, 0.25) is 0 Å². The van der Waals surface area contributed by atoms with Crippen molar-refractivity contribution in [3.63, 3.8) is 0 Å². The van der Waals surface area contributed by atoms with Gasteiger partial charge in [-0.3, -0.25) is 33.6 Å². The first-order chi connectivity index (χ1) is 30.1. The summed E-state index contributed by atoms with van der Waals surface area (Å²) in [6, 6.07) is 0. The van der Waals surface area contributed by atoms with Crippen LogP contribution in [-0.4, -0.2) is 129 Å². The van der Waals surface area contributed by atoms with Crippen molar-refractivity contribution in [1.82, 2.24) is 9.80 Å². The minimum absolute atomic E-state index is 0.0743. The van der Waals surface area contributed by atoms with Gasteiger partial charge in [-0.1, -0.05) is 90.3 Å². The lowest BCUT2D eigenvalue weighted by Gasteiger charge is -2.26. The molecular formula is C48H86N2O13S.